The zero-order valence-electron chi connectivity index (χ0n) is 8.17. The first kappa shape index (κ1) is 10.3. The van der Waals surface area contributed by atoms with E-state index in [9.17, 15) is 19.7 Å². The lowest BCUT2D eigenvalue weighted by molar-refractivity contribution is -0.385. The first-order valence-electron chi connectivity index (χ1n) is 4.50. The summed E-state index contributed by atoms with van der Waals surface area (Å²) in [5, 5.41) is 10.7. The van der Waals surface area contributed by atoms with Gasteiger partial charge in [-0.1, -0.05) is 6.07 Å². The van der Waals surface area contributed by atoms with Crippen molar-refractivity contribution in [3.63, 3.8) is 0 Å². The molecule has 0 aliphatic carbocycles. The maximum Gasteiger partial charge on any atom is 0.282 e. The Bertz CT molecular complexity index is 510. The number of imide groups is 1. The molecule has 1 aliphatic rings. The molecule has 0 spiro atoms. The van der Waals surface area contributed by atoms with Gasteiger partial charge in [0.1, 0.15) is 5.56 Å². The van der Waals surface area contributed by atoms with Gasteiger partial charge in [0, 0.05) is 12.6 Å². The molecule has 0 saturated carbocycles. The van der Waals surface area contributed by atoms with Gasteiger partial charge in [0.25, 0.3) is 17.5 Å². The zero-order valence-corrected chi connectivity index (χ0v) is 8.17. The van der Waals surface area contributed by atoms with E-state index < -0.39 is 16.7 Å². The van der Waals surface area contributed by atoms with E-state index in [1.54, 1.807) is 0 Å². The summed E-state index contributed by atoms with van der Waals surface area (Å²) in [4.78, 5) is 34.3. The number of hydrogen-bond acceptors (Lipinski definition) is 4. The normalized spacial score (nSPS) is 14.2. The highest BCUT2D eigenvalue weighted by molar-refractivity contribution is 6.23. The Morgan fingerprint density at radius 3 is 2.56 bits per heavy atom. The average Bonchev–Trinajstić information content (AvgIpc) is 2.51. The minimum absolute atomic E-state index is 0.0382. The van der Waals surface area contributed by atoms with Gasteiger partial charge in [-0.15, -0.1) is 0 Å². The molecule has 0 bridgehead atoms. The molecule has 1 heterocycles. The van der Waals surface area contributed by atoms with E-state index in [4.69, 9.17) is 0 Å². The molecule has 6 heteroatoms. The Kier molecular flexibility index (Phi) is 2.19. The van der Waals surface area contributed by atoms with Crippen molar-refractivity contribution >= 4 is 17.5 Å². The van der Waals surface area contributed by atoms with E-state index in [0.29, 0.717) is 0 Å². The van der Waals surface area contributed by atoms with Crippen molar-refractivity contribution in [3.8, 4) is 0 Å². The smallest absolute Gasteiger partial charge is 0.274 e. The van der Waals surface area contributed by atoms with E-state index in [-0.39, 0.29) is 23.4 Å². The number of benzene rings is 1. The van der Waals surface area contributed by atoms with Crippen LogP contribution in [0.5, 0.6) is 0 Å². The molecule has 0 saturated heterocycles. The molecule has 6 nitrogen and oxygen atoms in total. The van der Waals surface area contributed by atoms with Crippen molar-refractivity contribution in [3.05, 3.63) is 46.4 Å². The van der Waals surface area contributed by atoms with Crippen LogP contribution in [0.25, 0.3) is 0 Å². The second kappa shape index (κ2) is 3.41. The molecule has 1 aliphatic heterocycles. The number of fused-ring (bicyclic) bond motifs is 1. The summed E-state index contributed by atoms with van der Waals surface area (Å²) in [5.74, 6) is -1.18. The minimum atomic E-state index is -0.670. The maximum absolute atomic E-state index is 11.7. The minimum Gasteiger partial charge on any atom is -0.274 e. The van der Waals surface area contributed by atoms with Gasteiger partial charge in [-0.25, -0.2) is 0 Å². The van der Waals surface area contributed by atoms with Gasteiger partial charge in [-0.05, 0) is 13.0 Å². The molecule has 0 fully saturated rings. The van der Waals surface area contributed by atoms with Crippen LogP contribution in [0.15, 0.2) is 18.2 Å². The van der Waals surface area contributed by atoms with E-state index in [1.807, 2.05) is 0 Å². The Balaban J connectivity index is 2.68. The van der Waals surface area contributed by atoms with Crippen LogP contribution in [0, 0.1) is 17.0 Å². The fourth-order valence-electron chi connectivity index (χ4n) is 1.67. The second-order valence-corrected chi connectivity index (χ2v) is 3.22. The van der Waals surface area contributed by atoms with Gasteiger partial charge in [-0.3, -0.25) is 24.6 Å². The molecular formula is C10H7N2O4. The van der Waals surface area contributed by atoms with Gasteiger partial charge < -0.3 is 0 Å². The van der Waals surface area contributed by atoms with Crippen LogP contribution < -0.4 is 0 Å². The fraction of sp³-hybridized carbons (Fsp3) is 0.100. The Hall–Kier alpha value is -2.24. The van der Waals surface area contributed by atoms with Crippen LogP contribution in [-0.4, -0.2) is 28.2 Å². The fourth-order valence-corrected chi connectivity index (χ4v) is 1.67. The van der Waals surface area contributed by atoms with Crippen LogP contribution >= 0.6 is 0 Å². The molecule has 16 heavy (non-hydrogen) atoms. The standard InChI is InChI=1S/C10H7N2O4/c1-2-11-9(13)6-4-3-5-7(12(15)16)8(6)10(11)14/h3-5H,1-2H2. The topological polar surface area (TPSA) is 80.5 Å². The molecule has 81 valence electrons. The predicted octanol–water partition coefficient (Wildman–Crippen LogP) is 1.02. The van der Waals surface area contributed by atoms with Gasteiger partial charge in [0.2, 0.25) is 0 Å². The molecule has 0 atom stereocenters. The number of amides is 2. The van der Waals surface area contributed by atoms with Crippen molar-refractivity contribution in [2.24, 2.45) is 0 Å². The maximum atomic E-state index is 11.7. The van der Waals surface area contributed by atoms with Crippen LogP contribution in [0.3, 0.4) is 0 Å². The highest BCUT2D eigenvalue weighted by Gasteiger charge is 2.39. The number of nitro groups is 1. The predicted molar refractivity (Wildman–Crippen MR) is 53.8 cm³/mol. The Labute approximate surface area is 90.6 Å². The molecule has 0 aromatic heterocycles. The summed E-state index contributed by atoms with van der Waals surface area (Å²) >= 11 is 0. The van der Waals surface area contributed by atoms with Gasteiger partial charge >= 0.3 is 0 Å². The molecule has 2 rings (SSSR count). The quantitative estimate of drug-likeness (QED) is 0.422. The third-order valence-corrected chi connectivity index (χ3v) is 2.40. The lowest BCUT2D eigenvalue weighted by atomic mass is 10.1. The average molecular weight is 219 g/mol. The van der Waals surface area contributed by atoms with Crippen molar-refractivity contribution in [1.29, 1.82) is 0 Å². The van der Waals surface area contributed by atoms with Gasteiger partial charge in [0.05, 0.1) is 10.5 Å². The second-order valence-electron chi connectivity index (χ2n) is 3.22. The summed E-state index contributed by atoms with van der Waals surface area (Å²) in [7, 11) is 0. The largest absolute Gasteiger partial charge is 0.282 e. The van der Waals surface area contributed by atoms with E-state index >= 15 is 0 Å². The zero-order chi connectivity index (χ0) is 11.9. The summed E-state index contributed by atoms with van der Waals surface area (Å²) in [5.41, 5.74) is -0.407. The molecule has 1 aromatic rings. The number of nitro benzene ring substituents is 1. The summed E-state index contributed by atoms with van der Waals surface area (Å²) in [6, 6.07) is 3.99. The third kappa shape index (κ3) is 1.19. The summed E-state index contributed by atoms with van der Waals surface area (Å²) in [6.07, 6.45) is 0. The van der Waals surface area contributed by atoms with E-state index in [1.165, 1.54) is 18.2 Å². The highest BCUT2D eigenvalue weighted by atomic mass is 16.6. The van der Waals surface area contributed by atoms with E-state index in [0.717, 1.165) is 4.90 Å². The first-order chi connectivity index (χ1) is 7.57. The number of carbonyl (C=O) groups is 2. The van der Waals surface area contributed by atoms with Crippen LogP contribution in [0.2, 0.25) is 0 Å². The molecule has 0 unspecified atom stereocenters. The summed E-state index contributed by atoms with van der Waals surface area (Å²) < 4.78 is 0. The SMILES string of the molecule is [CH2]CN1C(=O)c2cccc([N+](=O)[O-])c2C1=O. The number of carbonyl (C=O) groups excluding carboxylic acids is 2. The molecule has 1 radical (unpaired) electrons. The number of hydrogen-bond donors (Lipinski definition) is 0. The van der Waals surface area contributed by atoms with Crippen LogP contribution in [-0.2, 0) is 0 Å². The van der Waals surface area contributed by atoms with Crippen molar-refractivity contribution in [2.75, 3.05) is 6.54 Å². The third-order valence-electron chi connectivity index (χ3n) is 2.40. The highest BCUT2D eigenvalue weighted by Crippen LogP contribution is 2.30. The molecule has 1 aromatic carbocycles. The Morgan fingerprint density at radius 1 is 1.31 bits per heavy atom. The van der Waals surface area contributed by atoms with E-state index in [2.05, 4.69) is 6.92 Å². The summed E-state index contributed by atoms with van der Waals surface area (Å²) in [6.45, 7) is 3.40. The Morgan fingerprint density at radius 2 is 2.00 bits per heavy atom. The van der Waals surface area contributed by atoms with Crippen LogP contribution in [0.4, 0.5) is 5.69 Å². The monoisotopic (exact) mass is 219 g/mol. The van der Waals surface area contributed by atoms with Gasteiger partial charge in [-0.2, -0.15) is 0 Å². The van der Waals surface area contributed by atoms with Crippen molar-refractivity contribution in [1.82, 2.24) is 4.90 Å². The molecule has 0 N–H and O–H groups in total. The van der Waals surface area contributed by atoms with Crippen LogP contribution in [0.1, 0.15) is 20.7 Å². The first-order valence-corrected chi connectivity index (χ1v) is 4.50. The molecular weight excluding hydrogens is 212 g/mol. The lowest BCUT2D eigenvalue weighted by Crippen LogP contribution is -2.29. The molecule has 2 amide bonds. The van der Waals surface area contributed by atoms with Gasteiger partial charge in [0.15, 0.2) is 0 Å². The lowest BCUT2D eigenvalue weighted by Gasteiger charge is -2.08. The van der Waals surface area contributed by atoms with Crippen molar-refractivity contribution < 1.29 is 14.5 Å². The number of rotatable bonds is 2. The van der Waals surface area contributed by atoms with Crippen molar-refractivity contribution in [2.45, 2.75) is 0 Å². The number of nitrogens with zero attached hydrogens (tertiary/aromatic N) is 2.